The van der Waals surface area contributed by atoms with E-state index >= 15 is 0 Å². The number of aromatic amines is 1. The molecule has 2 heterocycles. The summed E-state index contributed by atoms with van der Waals surface area (Å²) in [7, 11) is 0. The second-order valence-electron chi connectivity index (χ2n) is 3.68. The van der Waals surface area contributed by atoms with Gasteiger partial charge in [0.25, 0.3) is 0 Å². The van der Waals surface area contributed by atoms with Gasteiger partial charge in [0.1, 0.15) is 5.82 Å². The number of fused-ring (bicyclic) bond motifs is 1. The minimum atomic E-state index is 0.950. The van der Waals surface area contributed by atoms with Gasteiger partial charge in [-0.25, -0.2) is 4.98 Å². The predicted octanol–water partition coefficient (Wildman–Crippen LogP) is 4.36. The standard InChI is InChI=1S/C12H9BrN2S/c1-7-5-8(13)6-9-11(7)15-12(14-9)10-3-2-4-16-10/h2-6H,1H3,(H,14,15). The SMILES string of the molecule is Cc1cc(Br)cc2[nH]c(-c3cccs3)nc12. The summed E-state index contributed by atoms with van der Waals surface area (Å²) in [4.78, 5) is 9.15. The third-order valence-electron chi connectivity index (χ3n) is 2.50. The van der Waals surface area contributed by atoms with Gasteiger partial charge in [0.05, 0.1) is 15.9 Å². The van der Waals surface area contributed by atoms with Crippen LogP contribution in [-0.2, 0) is 0 Å². The molecule has 1 aromatic carbocycles. The molecule has 1 N–H and O–H groups in total. The van der Waals surface area contributed by atoms with Crippen molar-refractivity contribution in [2.24, 2.45) is 0 Å². The van der Waals surface area contributed by atoms with Gasteiger partial charge >= 0.3 is 0 Å². The van der Waals surface area contributed by atoms with Gasteiger partial charge in [0.2, 0.25) is 0 Å². The molecule has 16 heavy (non-hydrogen) atoms. The molecule has 3 aromatic rings. The van der Waals surface area contributed by atoms with E-state index in [4.69, 9.17) is 0 Å². The van der Waals surface area contributed by atoms with E-state index in [1.54, 1.807) is 11.3 Å². The number of nitrogens with zero attached hydrogens (tertiary/aromatic N) is 1. The number of nitrogens with one attached hydrogen (secondary N) is 1. The van der Waals surface area contributed by atoms with Crippen molar-refractivity contribution in [3.05, 3.63) is 39.7 Å². The molecule has 0 spiro atoms. The zero-order valence-corrected chi connectivity index (χ0v) is 11.0. The summed E-state index contributed by atoms with van der Waals surface area (Å²) in [5, 5.41) is 2.06. The van der Waals surface area contributed by atoms with Crippen LogP contribution in [0.2, 0.25) is 0 Å². The monoisotopic (exact) mass is 292 g/mol. The van der Waals surface area contributed by atoms with Crippen molar-refractivity contribution < 1.29 is 0 Å². The minimum absolute atomic E-state index is 0.950. The van der Waals surface area contributed by atoms with Gasteiger partial charge in [0, 0.05) is 4.47 Å². The Hall–Kier alpha value is -1.13. The number of hydrogen-bond acceptors (Lipinski definition) is 2. The zero-order chi connectivity index (χ0) is 11.1. The zero-order valence-electron chi connectivity index (χ0n) is 8.62. The average Bonchev–Trinajstić information content (AvgIpc) is 2.82. The van der Waals surface area contributed by atoms with E-state index in [2.05, 4.69) is 56.4 Å². The molecule has 0 amide bonds. The number of thiophene rings is 1. The van der Waals surface area contributed by atoms with Crippen LogP contribution < -0.4 is 0 Å². The Morgan fingerprint density at radius 1 is 1.38 bits per heavy atom. The lowest BCUT2D eigenvalue weighted by Gasteiger charge is -1.94. The highest BCUT2D eigenvalue weighted by atomic mass is 79.9. The second-order valence-corrected chi connectivity index (χ2v) is 5.54. The van der Waals surface area contributed by atoms with E-state index in [1.807, 2.05) is 6.07 Å². The fourth-order valence-corrected chi connectivity index (χ4v) is 3.02. The third kappa shape index (κ3) is 1.58. The molecule has 0 aliphatic rings. The van der Waals surface area contributed by atoms with Crippen LogP contribution in [0.15, 0.2) is 34.1 Å². The first kappa shape index (κ1) is 10.1. The topological polar surface area (TPSA) is 28.7 Å². The maximum absolute atomic E-state index is 4.63. The van der Waals surface area contributed by atoms with Crippen molar-refractivity contribution in [1.82, 2.24) is 9.97 Å². The molecule has 0 saturated carbocycles. The molecular weight excluding hydrogens is 284 g/mol. The van der Waals surface area contributed by atoms with E-state index in [0.29, 0.717) is 0 Å². The van der Waals surface area contributed by atoms with Crippen molar-refractivity contribution in [3.8, 4) is 10.7 Å². The number of halogens is 1. The molecule has 4 heteroatoms. The van der Waals surface area contributed by atoms with Crippen LogP contribution in [0.5, 0.6) is 0 Å². The smallest absolute Gasteiger partial charge is 0.148 e. The van der Waals surface area contributed by atoms with Gasteiger partial charge in [-0.2, -0.15) is 0 Å². The molecule has 0 bridgehead atoms. The lowest BCUT2D eigenvalue weighted by Crippen LogP contribution is -1.76. The molecule has 0 aliphatic heterocycles. The fourth-order valence-electron chi connectivity index (χ4n) is 1.78. The first-order valence-electron chi connectivity index (χ1n) is 4.94. The number of benzene rings is 1. The maximum atomic E-state index is 4.63. The fraction of sp³-hybridized carbons (Fsp3) is 0.0833. The number of rotatable bonds is 1. The molecule has 0 atom stereocenters. The molecule has 0 fully saturated rings. The lowest BCUT2D eigenvalue weighted by molar-refractivity contribution is 1.35. The predicted molar refractivity (Wildman–Crippen MR) is 71.8 cm³/mol. The molecule has 0 saturated heterocycles. The Bertz CT molecular complexity index is 640. The van der Waals surface area contributed by atoms with Crippen LogP contribution in [0.4, 0.5) is 0 Å². The third-order valence-corrected chi connectivity index (χ3v) is 3.83. The number of H-pyrrole nitrogens is 1. The van der Waals surface area contributed by atoms with E-state index in [0.717, 1.165) is 21.3 Å². The molecule has 80 valence electrons. The highest BCUT2D eigenvalue weighted by molar-refractivity contribution is 9.10. The normalized spacial score (nSPS) is 11.1. The van der Waals surface area contributed by atoms with Gasteiger partial charge < -0.3 is 4.98 Å². The molecule has 3 rings (SSSR count). The quantitative estimate of drug-likeness (QED) is 0.709. The van der Waals surface area contributed by atoms with E-state index in [9.17, 15) is 0 Å². The Labute approximate surface area is 105 Å². The summed E-state index contributed by atoms with van der Waals surface area (Å²) >= 11 is 5.19. The van der Waals surface area contributed by atoms with Crippen molar-refractivity contribution in [2.75, 3.05) is 0 Å². The number of imidazole rings is 1. The van der Waals surface area contributed by atoms with Gasteiger partial charge in [-0.05, 0) is 36.1 Å². The number of hydrogen-bond donors (Lipinski definition) is 1. The maximum Gasteiger partial charge on any atom is 0.148 e. The molecular formula is C12H9BrN2S. The summed E-state index contributed by atoms with van der Waals surface area (Å²) in [5.41, 5.74) is 3.31. The molecule has 0 aliphatic carbocycles. The van der Waals surface area contributed by atoms with Crippen LogP contribution in [0.1, 0.15) is 5.56 Å². The first-order chi connectivity index (χ1) is 7.74. The lowest BCUT2D eigenvalue weighted by atomic mass is 10.2. The minimum Gasteiger partial charge on any atom is -0.337 e. The summed E-state index contributed by atoms with van der Waals surface area (Å²) in [6, 6.07) is 8.26. The Morgan fingerprint density at radius 2 is 2.25 bits per heavy atom. The van der Waals surface area contributed by atoms with Crippen LogP contribution in [0.3, 0.4) is 0 Å². The second kappa shape index (κ2) is 3.71. The first-order valence-corrected chi connectivity index (χ1v) is 6.61. The average molecular weight is 293 g/mol. The van der Waals surface area contributed by atoms with Crippen molar-refractivity contribution >= 4 is 38.3 Å². The van der Waals surface area contributed by atoms with Gasteiger partial charge in [-0.15, -0.1) is 11.3 Å². The van der Waals surface area contributed by atoms with E-state index in [-0.39, 0.29) is 0 Å². The van der Waals surface area contributed by atoms with Crippen LogP contribution in [0.25, 0.3) is 21.7 Å². The van der Waals surface area contributed by atoms with Crippen LogP contribution >= 0.6 is 27.3 Å². The van der Waals surface area contributed by atoms with E-state index < -0.39 is 0 Å². The summed E-state index contributed by atoms with van der Waals surface area (Å²) in [6.07, 6.45) is 0. The van der Waals surface area contributed by atoms with Crippen molar-refractivity contribution in [1.29, 1.82) is 0 Å². The van der Waals surface area contributed by atoms with Crippen molar-refractivity contribution in [3.63, 3.8) is 0 Å². The Kier molecular flexibility index (Phi) is 2.33. The molecule has 2 nitrogen and oxygen atoms in total. The van der Waals surface area contributed by atoms with Gasteiger partial charge in [-0.3, -0.25) is 0 Å². The summed E-state index contributed by atoms with van der Waals surface area (Å²) in [5.74, 6) is 0.950. The van der Waals surface area contributed by atoms with Crippen molar-refractivity contribution in [2.45, 2.75) is 6.92 Å². The molecule has 2 aromatic heterocycles. The largest absolute Gasteiger partial charge is 0.337 e. The van der Waals surface area contributed by atoms with E-state index in [1.165, 1.54) is 10.4 Å². The van der Waals surface area contributed by atoms with Crippen LogP contribution in [0, 0.1) is 6.92 Å². The summed E-state index contributed by atoms with van der Waals surface area (Å²) < 4.78 is 1.08. The Balaban J connectivity index is 2.27. The summed E-state index contributed by atoms with van der Waals surface area (Å²) in [6.45, 7) is 2.08. The highest BCUT2D eigenvalue weighted by Crippen LogP contribution is 2.27. The molecule has 0 unspecified atom stereocenters. The number of aryl methyl sites for hydroxylation is 1. The van der Waals surface area contributed by atoms with Gasteiger partial charge in [-0.1, -0.05) is 22.0 Å². The van der Waals surface area contributed by atoms with Gasteiger partial charge in [0.15, 0.2) is 0 Å². The Morgan fingerprint density at radius 3 is 3.00 bits per heavy atom. The number of aromatic nitrogens is 2. The molecule has 0 radical (unpaired) electrons. The highest BCUT2D eigenvalue weighted by Gasteiger charge is 2.08. The van der Waals surface area contributed by atoms with Crippen LogP contribution in [-0.4, -0.2) is 9.97 Å².